The summed E-state index contributed by atoms with van der Waals surface area (Å²) in [6, 6.07) is 13.4. The van der Waals surface area contributed by atoms with Crippen molar-refractivity contribution in [1.82, 2.24) is 19.8 Å². The summed E-state index contributed by atoms with van der Waals surface area (Å²) in [6.07, 6.45) is -2.73. The van der Waals surface area contributed by atoms with Crippen LogP contribution in [0.5, 0.6) is 0 Å². The molecule has 1 aromatic heterocycles. The maximum atomic E-state index is 13.1. The number of halogens is 3. The zero-order valence-corrected chi connectivity index (χ0v) is 18.9. The number of imidazole rings is 1. The number of aromatic nitrogens is 2. The first kappa shape index (κ1) is 22.7. The first-order valence-corrected chi connectivity index (χ1v) is 11.7. The van der Waals surface area contributed by atoms with Crippen LogP contribution in [0.25, 0.3) is 11.0 Å². The number of likely N-dealkylation sites (tertiary alicyclic amines) is 1. The molecule has 34 heavy (non-hydrogen) atoms. The number of para-hydroxylation sites is 2. The third-order valence-corrected chi connectivity index (χ3v) is 6.88. The van der Waals surface area contributed by atoms with Crippen molar-refractivity contribution in [3.8, 4) is 0 Å². The average molecular weight is 472 g/mol. The van der Waals surface area contributed by atoms with Crippen molar-refractivity contribution in [2.75, 3.05) is 44.2 Å². The van der Waals surface area contributed by atoms with Gasteiger partial charge in [-0.1, -0.05) is 18.2 Å². The maximum absolute atomic E-state index is 13.1. The van der Waals surface area contributed by atoms with Gasteiger partial charge in [-0.05, 0) is 56.3 Å². The van der Waals surface area contributed by atoms with Gasteiger partial charge in [-0.15, -0.1) is 0 Å². The molecule has 2 aromatic carbocycles. The van der Waals surface area contributed by atoms with Crippen LogP contribution in [0.2, 0.25) is 0 Å². The molecule has 0 bridgehead atoms. The quantitative estimate of drug-likeness (QED) is 0.622. The zero-order chi connectivity index (χ0) is 23.7. The molecular formula is C25H28F3N5O. The lowest BCUT2D eigenvalue weighted by Gasteiger charge is -2.39. The predicted molar refractivity (Wildman–Crippen MR) is 124 cm³/mol. The Hall–Kier alpha value is -3.07. The van der Waals surface area contributed by atoms with Crippen molar-refractivity contribution >= 4 is 22.6 Å². The third-order valence-electron chi connectivity index (χ3n) is 6.88. The summed E-state index contributed by atoms with van der Waals surface area (Å²) in [7, 11) is 0. The summed E-state index contributed by atoms with van der Waals surface area (Å²) < 4.78 is 39.1. The van der Waals surface area contributed by atoms with Gasteiger partial charge in [-0.2, -0.15) is 13.2 Å². The molecule has 2 aliphatic heterocycles. The van der Waals surface area contributed by atoms with Gasteiger partial charge < -0.3 is 14.8 Å². The van der Waals surface area contributed by atoms with Crippen molar-refractivity contribution in [1.29, 1.82) is 0 Å². The second-order valence-corrected chi connectivity index (χ2v) is 9.11. The van der Waals surface area contributed by atoms with Crippen LogP contribution in [-0.2, 0) is 17.5 Å². The van der Waals surface area contributed by atoms with E-state index in [-0.39, 0.29) is 11.8 Å². The molecule has 1 amide bonds. The number of aromatic amines is 1. The number of carbonyl (C=O) groups is 1. The summed E-state index contributed by atoms with van der Waals surface area (Å²) in [4.78, 5) is 27.2. The van der Waals surface area contributed by atoms with E-state index in [4.69, 9.17) is 0 Å². The number of H-pyrrole nitrogens is 1. The van der Waals surface area contributed by atoms with Gasteiger partial charge in [0.2, 0.25) is 5.91 Å². The van der Waals surface area contributed by atoms with Gasteiger partial charge in [0, 0.05) is 37.8 Å². The van der Waals surface area contributed by atoms with Crippen molar-refractivity contribution in [3.05, 3.63) is 59.9 Å². The Labute approximate surface area is 196 Å². The molecule has 1 N–H and O–H groups in total. The number of amides is 1. The Kier molecular flexibility index (Phi) is 6.20. The van der Waals surface area contributed by atoms with E-state index < -0.39 is 11.7 Å². The number of hydrogen-bond donors (Lipinski definition) is 1. The van der Waals surface area contributed by atoms with Gasteiger partial charge in [-0.25, -0.2) is 4.98 Å². The highest BCUT2D eigenvalue weighted by Gasteiger charge is 2.33. The number of benzene rings is 2. The number of carbonyl (C=O) groups excluding carboxylic acids is 1. The molecule has 2 fully saturated rings. The van der Waals surface area contributed by atoms with Crippen LogP contribution < -0.4 is 4.90 Å². The number of anilines is 1. The van der Waals surface area contributed by atoms with Crippen LogP contribution in [0, 0.1) is 5.92 Å². The van der Waals surface area contributed by atoms with Crippen LogP contribution in [0.3, 0.4) is 0 Å². The minimum atomic E-state index is -4.35. The monoisotopic (exact) mass is 471 g/mol. The number of piperidine rings is 1. The molecule has 3 aromatic rings. The molecule has 0 unspecified atom stereocenters. The number of alkyl halides is 3. The van der Waals surface area contributed by atoms with E-state index in [0.717, 1.165) is 55.4 Å². The Morgan fingerprint density at radius 1 is 0.971 bits per heavy atom. The Morgan fingerprint density at radius 3 is 2.41 bits per heavy atom. The Bertz CT molecular complexity index is 1110. The molecule has 0 aliphatic carbocycles. The normalized spacial score (nSPS) is 18.6. The summed E-state index contributed by atoms with van der Waals surface area (Å²) in [5.74, 6) is 1.12. The fraction of sp³-hybridized carbons (Fsp3) is 0.440. The van der Waals surface area contributed by atoms with Crippen molar-refractivity contribution in [2.45, 2.75) is 25.6 Å². The summed E-state index contributed by atoms with van der Waals surface area (Å²) in [5.41, 5.74) is 1.91. The lowest BCUT2D eigenvalue weighted by Crippen LogP contribution is -2.51. The minimum absolute atomic E-state index is 0.00651. The first-order chi connectivity index (χ1) is 16.4. The molecule has 0 radical (unpaired) electrons. The number of rotatable bonds is 4. The smallest absolute Gasteiger partial charge is 0.368 e. The van der Waals surface area contributed by atoms with Crippen LogP contribution in [0.4, 0.5) is 18.9 Å². The molecule has 9 heteroatoms. The number of piperazine rings is 1. The fourth-order valence-electron chi connectivity index (χ4n) is 4.95. The van der Waals surface area contributed by atoms with Crippen LogP contribution in [0.15, 0.2) is 48.5 Å². The zero-order valence-electron chi connectivity index (χ0n) is 18.9. The largest absolute Gasteiger partial charge is 0.416 e. The minimum Gasteiger partial charge on any atom is -0.368 e. The highest BCUT2D eigenvalue weighted by Crippen LogP contribution is 2.32. The number of hydrogen-bond acceptors (Lipinski definition) is 4. The molecule has 5 rings (SSSR count). The molecule has 0 spiro atoms. The number of nitrogens with one attached hydrogen (secondary N) is 1. The van der Waals surface area contributed by atoms with Gasteiger partial charge in [-0.3, -0.25) is 9.69 Å². The van der Waals surface area contributed by atoms with Crippen LogP contribution in [-0.4, -0.2) is 64.9 Å². The fourth-order valence-corrected chi connectivity index (χ4v) is 4.95. The molecule has 0 saturated carbocycles. The molecule has 6 nitrogen and oxygen atoms in total. The van der Waals surface area contributed by atoms with Crippen LogP contribution >= 0.6 is 0 Å². The maximum Gasteiger partial charge on any atom is 0.416 e. The first-order valence-electron chi connectivity index (χ1n) is 11.7. The molecule has 2 aliphatic rings. The standard InChI is InChI=1S/C25H28F3N5O/c26-25(27,28)19-4-3-5-20(16-19)32-12-14-33(15-13-32)24(34)18-8-10-31(11-9-18)17-23-29-21-6-1-2-7-22(21)30-23/h1-7,16,18H,8-15,17H2,(H,29,30). The number of nitrogens with zero attached hydrogens (tertiary/aromatic N) is 4. The molecule has 180 valence electrons. The second kappa shape index (κ2) is 9.29. The van der Waals surface area contributed by atoms with E-state index in [9.17, 15) is 18.0 Å². The highest BCUT2D eigenvalue weighted by molar-refractivity contribution is 5.79. The Balaban J connectivity index is 1.11. The predicted octanol–water partition coefficient (Wildman–Crippen LogP) is 4.14. The van der Waals surface area contributed by atoms with E-state index in [1.165, 1.54) is 12.1 Å². The van der Waals surface area contributed by atoms with Gasteiger partial charge in [0.15, 0.2) is 0 Å². The van der Waals surface area contributed by atoms with E-state index in [2.05, 4.69) is 14.9 Å². The van der Waals surface area contributed by atoms with Crippen LogP contribution in [0.1, 0.15) is 24.2 Å². The molecule has 0 atom stereocenters. The summed E-state index contributed by atoms with van der Waals surface area (Å²) in [5, 5.41) is 0. The Morgan fingerprint density at radius 2 is 1.71 bits per heavy atom. The average Bonchev–Trinajstić information content (AvgIpc) is 3.26. The lowest BCUT2D eigenvalue weighted by molar-refractivity contribution is -0.138. The van der Waals surface area contributed by atoms with E-state index in [1.54, 1.807) is 6.07 Å². The third kappa shape index (κ3) is 4.89. The topological polar surface area (TPSA) is 55.5 Å². The van der Waals surface area contributed by atoms with Gasteiger partial charge in [0.1, 0.15) is 5.82 Å². The van der Waals surface area contributed by atoms with E-state index >= 15 is 0 Å². The summed E-state index contributed by atoms with van der Waals surface area (Å²) >= 11 is 0. The van der Waals surface area contributed by atoms with Crippen molar-refractivity contribution < 1.29 is 18.0 Å². The van der Waals surface area contributed by atoms with Gasteiger partial charge in [0.25, 0.3) is 0 Å². The van der Waals surface area contributed by atoms with Crippen molar-refractivity contribution in [2.24, 2.45) is 5.92 Å². The van der Waals surface area contributed by atoms with Gasteiger partial charge >= 0.3 is 6.18 Å². The SMILES string of the molecule is O=C(C1CCN(Cc2nc3ccccc3[nH]2)CC1)N1CCN(c2cccc(C(F)(F)F)c2)CC1. The second-order valence-electron chi connectivity index (χ2n) is 9.11. The summed E-state index contributed by atoms with van der Waals surface area (Å²) in [6.45, 7) is 4.58. The van der Waals surface area contributed by atoms with Crippen molar-refractivity contribution in [3.63, 3.8) is 0 Å². The van der Waals surface area contributed by atoms with Gasteiger partial charge in [0.05, 0.1) is 23.1 Å². The molecular weight excluding hydrogens is 443 g/mol. The van der Waals surface area contributed by atoms with E-state index in [1.807, 2.05) is 34.1 Å². The molecule has 2 saturated heterocycles. The van der Waals surface area contributed by atoms with E-state index in [0.29, 0.717) is 31.9 Å². The lowest BCUT2D eigenvalue weighted by atomic mass is 9.95. The highest BCUT2D eigenvalue weighted by atomic mass is 19.4. The number of fused-ring (bicyclic) bond motifs is 1. The molecule has 3 heterocycles.